The fourth-order valence-corrected chi connectivity index (χ4v) is 1.35. The Hall–Kier alpha value is -0.930. The number of phenols is 2. The standard InChI is InChI=1S/C12H19NO2.ClH/c1-9(2)8-13-6-5-10-3-4-11(14)12(15)7-10;/h3-4,7,9,13-15H,5-6,8H2,1-2H3;1H. The summed E-state index contributed by atoms with van der Waals surface area (Å²) in [6.45, 7) is 6.23. The van der Waals surface area contributed by atoms with E-state index in [9.17, 15) is 5.11 Å². The zero-order chi connectivity index (χ0) is 11.3. The van der Waals surface area contributed by atoms with Gasteiger partial charge in [0.05, 0.1) is 0 Å². The van der Waals surface area contributed by atoms with Crippen LogP contribution >= 0.6 is 12.4 Å². The quantitative estimate of drug-likeness (QED) is 0.551. The highest BCUT2D eigenvalue weighted by atomic mass is 35.5. The fourth-order valence-electron chi connectivity index (χ4n) is 1.35. The lowest BCUT2D eigenvalue weighted by molar-refractivity contribution is 0.403. The highest BCUT2D eigenvalue weighted by molar-refractivity contribution is 5.85. The van der Waals surface area contributed by atoms with E-state index in [0.717, 1.165) is 25.1 Å². The first kappa shape index (κ1) is 15.1. The minimum atomic E-state index is -0.0612. The lowest BCUT2D eigenvalue weighted by Gasteiger charge is -2.07. The van der Waals surface area contributed by atoms with E-state index in [4.69, 9.17) is 5.11 Å². The van der Waals surface area contributed by atoms with Gasteiger partial charge in [0.25, 0.3) is 0 Å². The number of phenolic OH excluding ortho intramolecular Hbond substituents is 2. The van der Waals surface area contributed by atoms with Gasteiger partial charge in [0.2, 0.25) is 0 Å². The van der Waals surface area contributed by atoms with Crippen molar-refractivity contribution in [1.82, 2.24) is 5.32 Å². The summed E-state index contributed by atoms with van der Waals surface area (Å²) < 4.78 is 0. The van der Waals surface area contributed by atoms with Gasteiger partial charge < -0.3 is 15.5 Å². The second-order valence-electron chi connectivity index (χ2n) is 4.17. The molecule has 0 aliphatic carbocycles. The van der Waals surface area contributed by atoms with Crippen LogP contribution in [-0.2, 0) is 6.42 Å². The predicted molar refractivity (Wildman–Crippen MR) is 68.4 cm³/mol. The highest BCUT2D eigenvalue weighted by Gasteiger charge is 2.00. The van der Waals surface area contributed by atoms with Crippen LogP contribution in [0.5, 0.6) is 11.5 Å². The molecule has 0 bridgehead atoms. The van der Waals surface area contributed by atoms with E-state index < -0.39 is 0 Å². The van der Waals surface area contributed by atoms with Crippen molar-refractivity contribution >= 4 is 12.4 Å². The van der Waals surface area contributed by atoms with Crippen LogP contribution in [0.3, 0.4) is 0 Å². The lowest BCUT2D eigenvalue weighted by atomic mass is 10.1. The molecule has 0 radical (unpaired) electrons. The van der Waals surface area contributed by atoms with Gasteiger partial charge in [-0.25, -0.2) is 0 Å². The van der Waals surface area contributed by atoms with Crippen molar-refractivity contribution in [2.45, 2.75) is 20.3 Å². The number of hydrogen-bond donors (Lipinski definition) is 3. The molecule has 3 N–H and O–H groups in total. The van der Waals surface area contributed by atoms with Crippen LogP contribution in [0, 0.1) is 5.92 Å². The molecule has 1 aromatic carbocycles. The third-order valence-electron chi connectivity index (χ3n) is 2.18. The Morgan fingerprint density at radius 1 is 1.19 bits per heavy atom. The maximum absolute atomic E-state index is 9.27. The lowest BCUT2D eigenvalue weighted by Crippen LogP contribution is -2.22. The fraction of sp³-hybridized carbons (Fsp3) is 0.500. The van der Waals surface area contributed by atoms with E-state index in [1.165, 1.54) is 6.07 Å². The molecule has 0 spiro atoms. The molecule has 92 valence electrons. The number of benzene rings is 1. The van der Waals surface area contributed by atoms with Crippen molar-refractivity contribution in [3.63, 3.8) is 0 Å². The minimum Gasteiger partial charge on any atom is -0.504 e. The molecule has 0 aliphatic rings. The molecule has 1 aromatic rings. The van der Waals surface area contributed by atoms with Crippen LogP contribution in [0.1, 0.15) is 19.4 Å². The first-order chi connectivity index (χ1) is 7.09. The van der Waals surface area contributed by atoms with Gasteiger partial charge >= 0.3 is 0 Å². The summed E-state index contributed by atoms with van der Waals surface area (Å²) >= 11 is 0. The van der Waals surface area contributed by atoms with Gasteiger partial charge in [-0.05, 0) is 43.1 Å². The molecule has 16 heavy (non-hydrogen) atoms. The van der Waals surface area contributed by atoms with Gasteiger partial charge in [0.15, 0.2) is 11.5 Å². The van der Waals surface area contributed by atoms with Crippen molar-refractivity contribution in [3.05, 3.63) is 23.8 Å². The molecule has 0 fully saturated rings. The van der Waals surface area contributed by atoms with Crippen molar-refractivity contribution in [1.29, 1.82) is 0 Å². The molecule has 0 saturated heterocycles. The molecule has 0 aliphatic heterocycles. The number of hydrogen-bond acceptors (Lipinski definition) is 3. The normalized spacial score (nSPS) is 10.2. The predicted octanol–water partition coefficient (Wildman–Crippen LogP) is 2.31. The molecule has 3 nitrogen and oxygen atoms in total. The van der Waals surface area contributed by atoms with Gasteiger partial charge in [0, 0.05) is 0 Å². The zero-order valence-corrected chi connectivity index (χ0v) is 10.5. The molecule has 0 heterocycles. The second kappa shape index (κ2) is 7.36. The summed E-state index contributed by atoms with van der Waals surface area (Å²) in [5.41, 5.74) is 1.03. The van der Waals surface area contributed by atoms with Crippen LogP contribution in [0.2, 0.25) is 0 Å². The second-order valence-corrected chi connectivity index (χ2v) is 4.17. The van der Waals surface area contributed by atoms with E-state index in [0.29, 0.717) is 5.92 Å². The van der Waals surface area contributed by atoms with Gasteiger partial charge in [-0.1, -0.05) is 19.9 Å². The molecular formula is C12H20ClNO2. The van der Waals surface area contributed by atoms with Crippen molar-refractivity contribution in [2.24, 2.45) is 5.92 Å². The molecular weight excluding hydrogens is 226 g/mol. The maximum atomic E-state index is 9.27. The van der Waals surface area contributed by atoms with Gasteiger partial charge in [-0.3, -0.25) is 0 Å². The minimum absolute atomic E-state index is 0. The SMILES string of the molecule is CC(C)CNCCc1ccc(O)c(O)c1.Cl. The van der Waals surface area contributed by atoms with Crippen molar-refractivity contribution < 1.29 is 10.2 Å². The Morgan fingerprint density at radius 3 is 2.44 bits per heavy atom. The average molecular weight is 246 g/mol. The van der Waals surface area contributed by atoms with Crippen LogP contribution < -0.4 is 5.32 Å². The smallest absolute Gasteiger partial charge is 0.157 e. The maximum Gasteiger partial charge on any atom is 0.157 e. The Labute approximate surface area is 103 Å². The average Bonchev–Trinajstić information content (AvgIpc) is 2.18. The molecule has 0 amide bonds. The first-order valence-electron chi connectivity index (χ1n) is 5.31. The monoisotopic (exact) mass is 245 g/mol. The molecule has 0 atom stereocenters. The Bertz CT molecular complexity index is 316. The summed E-state index contributed by atoms with van der Waals surface area (Å²) in [6.07, 6.45) is 0.862. The van der Waals surface area contributed by atoms with Crippen molar-refractivity contribution in [2.75, 3.05) is 13.1 Å². The van der Waals surface area contributed by atoms with Gasteiger partial charge in [-0.15, -0.1) is 12.4 Å². The number of halogens is 1. The molecule has 0 aromatic heterocycles. The van der Waals surface area contributed by atoms with E-state index in [-0.39, 0.29) is 23.9 Å². The summed E-state index contributed by atoms with van der Waals surface area (Å²) in [4.78, 5) is 0. The van der Waals surface area contributed by atoms with Crippen LogP contribution in [-0.4, -0.2) is 23.3 Å². The van der Waals surface area contributed by atoms with Crippen LogP contribution in [0.4, 0.5) is 0 Å². The Morgan fingerprint density at radius 2 is 1.88 bits per heavy atom. The number of aromatic hydroxyl groups is 2. The summed E-state index contributed by atoms with van der Waals surface area (Å²) in [6, 6.07) is 4.95. The highest BCUT2D eigenvalue weighted by Crippen LogP contribution is 2.24. The Kier molecular flexibility index (Phi) is 6.93. The van der Waals surface area contributed by atoms with E-state index in [1.54, 1.807) is 6.07 Å². The van der Waals surface area contributed by atoms with E-state index in [1.807, 2.05) is 6.07 Å². The summed E-state index contributed by atoms with van der Waals surface area (Å²) in [5.74, 6) is 0.545. The molecule has 4 heteroatoms. The largest absolute Gasteiger partial charge is 0.504 e. The zero-order valence-electron chi connectivity index (χ0n) is 9.73. The van der Waals surface area contributed by atoms with Gasteiger partial charge in [-0.2, -0.15) is 0 Å². The Balaban J connectivity index is 0.00000225. The number of rotatable bonds is 5. The van der Waals surface area contributed by atoms with Gasteiger partial charge in [0.1, 0.15) is 0 Å². The molecule has 1 rings (SSSR count). The third-order valence-corrected chi connectivity index (χ3v) is 2.18. The van der Waals surface area contributed by atoms with Crippen LogP contribution in [0.15, 0.2) is 18.2 Å². The van der Waals surface area contributed by atoms with E-state index >= 15 is 0 Å². The van der Waals surface area contributed by atoms with E-state index in [2.05, 4.69) is 19.2 Å². The first-order valence-corrected chi connectivity index (χ1v) is 5.31. The van der Waals surface area contributed by atoms with Crippen molar-refractivity contribution in [3.8, 4) is 11.5 Å². The summed E-state index contributed by atoms with van der Waals surface area (Å²) in [5, 5.41) is 21.7. The third kappa shape index (κ3) is 5.24. The molecule has 0 saturated carbocycles. The van der Waals surface area contributed by atoms with Crippen LogP contribution in [0.25, 0.3) is 0 Å². The summed E-state index contributed by atoms with van der Waals surface area (Å²) in [7, 11) is 0. The molecule has 0 unspecified atom stereocenters. The topological polar surface area (TPSA) is 52.5 Å². The number of nitrogens with one attached hydrogen (secondary N) is 1.